The van der Waals surface area contributed by atoms with Crippen LogP contribution in [0.15, 0.2) is 125 Å². The molecule has 11 nitrogen and oxygen atoms in total. The van der Waals surface area contributed by atoms with Gasteiger partial charge in [0.15, 0.2) is 0 Å². The Balaban J connectivity index is 0.999. The van der Waals surface area contributed by atoms with Gasteiger partial charge in [-0.25, -0.2) is 9.59 Å². The first-order valence-corrected chi connectivity index (χ1v) is 27.3. The molecule has 390 valence electrons. The highest BCUT2D eigenvalue weighted by Gasteiger charge is 2.27. The summed E-state index contributed by atoms with van der Waals surface area (Å²) in [5, 5.41) is 12.2. The summed E-state index contributed by atoms with van der Waals surface area (Å²) in [6.45, 7) is 5.92. The average Bonchev–Trinajstić information content (AvgIpc) is 3.41. The highest BCUT2D eigenvalue weighted by Crippen LogP contribution is 2.37. The molecule has 0 aliphatic heterocycles. The van der Waals surface area contributed by atoms with E-state index in [2.05, 4.69) is 23.8 Å². The fraction of sp³-hybridized carbons (Fsp3) is 0.452. The Morgan fingerprint density at radius 3 is 1.07 bits per heavy atom. The quantitative estimate of drug-likeness (QED) is 0.00957. The lowest BCUT2D eigenvalue weighted by atomic mass is 10.1. The lowest BCUT2D eigenvalue weighted by Gasteiger charge is -2.09. The smallest absolute Gasteiger partial charge is 0.353 e. The standard InChI is InChI=1S/C62H79N3O8/c1-3-5-7-9-11-13-15-17-19-21-23-25-46-70-56-42-30-50(31-43-56)48-63-54-38-34-52(35-39-54)61(66)72-58-28-27-29-59(60(58)65(68)69)73-62(67)53-36-40-55(41-37-53)64-49-51-32-44-57(45-33-51)71-47-26-24-22-20-18-16-14-12-10-8-6-4-2/h27-45,48-49H,3-26,46-47H2,1-2H3. The molecule has 0 unspecified atom stereocenters. The third-order valence-corrected chi connectivity index (χ3v) is 12.8. The summed E-state index contributed by atoms with van der Waals surface area (Å²) in [4.78, 5) is 46.9. The van der Waals surface area contributed by atoms with Gasteiger partial charge in [0, 0.05) is 12.4 Å². The summed E-state index contributed by atoms with van der Waals surface area (Å²) in [5.74, 6) is -0.747. The molecule has 0 saturated carbocycles. The van der Waals surface area contributed by atoms with Crippen molar-refractivity contribution in [1.29, 1.82) is 0 Å². The van der Waals surface area contributed by atoms with Gasteiger partial charge in [0.1, 0.15) is 11.5 Å². The molecule has 0 amide bonds. The van der Waals surface area contributed by atoms with Gasteiger partial charge in [-0.15, -0.1) is 0 Å². The van der Waals surface area contributed by atoms with Crippen molar-refractivity contribution in [1.82, 2.24) is 0 Å². The van der Waals surface area contributed by atoms with Crippen molar-refractivity contribution >= 4 is 41.4 Å². The van der Waals surface area contributed by atoms with E-state index < -0.39 is 22.5 Å². The van der Waals surface area contributed by atoms with Crippen LogP contribution in [0.1, 0.15) is 200 Å². The molecule has 0 aliphatic carbocycles. The zero-order valence-corrected chi connectivity index (χ0v) is 43.6. The molecule has 5 aromatic rings. The number of nitrogens with zero attached hydrogens (tertiary/aromatic N) is 3. The second-order valence-corrected chi connectivity index (χ2v) is 18.9. The molecule has 0 aromatic heterocycles. The molecule has 0 heterocycles. The number of hydrogen-bond donors (Lipinski definition) is 0. The fourth-order valence-corrected chi connectivity index (χ4v) is 8.40. The number of hydrogen-bond acceptors (Lipinski definition) is 10. The van der Waals surface area contributed by atoms with Crippen LogP contribution in [0, 0.1) is 10.1 Å². The third kappa shape index (κ3) is 22.8. The van der Waals surface area contributed by atoms with Crippen molar-refractivity contribution in [3.8, 4) is 23.0 Å². The van der Waals surface area contributed by atoms with Crippen molar-refractivity contribution in [2.45, 2.75) is 168 Å². The number of rotatable bonds is 37. The highest BCUT2D eigenvalue weighted by molar-refractivity contribution is 5.94. The lowest BCUT2D eigenvalue weighted by Crippen LogP contribution is -2.12. The summed E-state index contributed by atoms with van der Waals surface area (Å²) in [5.41, 5.74) is 2.61. The van der Waals surface area contributed by atoms with E-state index in [1.54, 1.807) is 36.7 Å². The van der Waals surface area contributed by atoms with E-state index in [1.807, 2.05) is 48.5 Å². The van der Waals surface area contributed by atoms with Gasteiger partial charge in [0.05, 0.1) is 40.6 Å². The highest BCUT2D eigenvalue weighted by atomic mass is 16.6. The van der Waals surface area contributed by atoms with Crippen molar-refractivity contribution < 1.29 is 33.5 Å². The van der Waals surface area contributed by atoms with Gasteiger partial charge in [0.2, 0.25) is 11.5 Å². The number of unbranched alkanes of at least 4 members (excludes halogenated alkanes) is 22. The van der Waals surface area contributed by atoms with Crippen LogP contribution in [0.3, 0.4) is 0 Å². The molecule has 0 saturated heterocycles. The molecule has 5 aromatic carbocycles. The number of ether oxygens (including phenoxy) is 4. The van der Waals surface area contributed by atoms with E-state index in [0.29, 0.717) is 24.6 Å². The molecule has 0 radical (unpaired) electrons. The van der Waals surface area contributed by atoms with E-state index in [-0.39, 0.29) is 22.6 Å². The normalized spacial score (nSPS) is 11.3. The van der Waals surface area contributed by atoms with E-state index >= 15 is 0 Å². The lowest BCUT2D eigenvalue weighted by molar-refractivity contribution is -0.386. The van der Waals surface area contributed by atoms with Crippen molar-refractivity contribution in [3.63, 3.8) is 0 Å². The first-order chi connectivity index (χ1) is 35.8. The number of aliphatic imine (C=N–C) groups is 2. The van der Waals surface area contributed by atoms with Crippen molar-refractivity contribution in [3.05, 3.63) is 148 Å². The summed E-state index contributed by atoms with van der Waals surface area (Å²) >= 11 is 0. The van der Waals surface area contributed by atoms with Crippen molar-refractivity contribution in [2.24, 2.45) is 9.98 Å². The molecule has 11 heteroatoms. The maximum atomic E-state index is 13.2. The largest absolute Gasteiger partial charge is 0.494 e. The van der Waals surface area contributed by atoms with E-state index in [9.17, 15) is 19.7 Å². The predicted octanol–water partition coefficient (Wildman–Crippen LogP) is 17.7. The van der Waals surface area contributed by atoms with E-state index in [4.69, 9.17) is 18.9 Å². The van der Waals surface area contributed by atoms with Gasteiger partial charge < -0.3 is 18.9 Å². The van der Waals surface area contributed by atoms with Crippen LogP contribution in [0.4, 0.5) is 17.1 Å². The minimum atomic E-state index is -0.827. The second-order valence-electron chi connectivity index (χ2n) is 18.9. The number of nitro benzene ring substituents is 1. The Kier molecular flexibility index (Phi) is 27.2. The number of carbonyl (C=O) groups excluding carboxylic acids is 2. The zero-order valence-electron chi connectivity index (χ0n) is 43.6. The number of nitro groups is 1. The maximum absolute atomic E-state index is 13.2. The van der Waals surface area contributed by atoms with Crippen LogP contribution < -0.4 is 18.9 Å². The van der Waals surface area contributed by atoms with E-state index in [0.717, 1.165) is 35.5 Å². The van der Waals surface area contributed by atoms with Crippen LogP contribution in [0.2, 0.25) is 0 Å². The Bertz CT molecular complexity index is 2240. The molecule has 0 atom stereocenters. The molecular formula is C62H79N3O8. The molecule has 0 fully saturated rings. The van der Waals surface area contributed by atoms with Gasteiger partial charge >= 0.3 is 17.6 Å². The average molecular weight is 994 g/mol. The number of carbonyl (C=O) groups is 2. The number of esters is 2. The van der Waals surface area contributed by atoms with Gasteiger partial charge in [0.25, 0.3) is 0 Å². The minimum Gasteiger partial charge on any atom is -0.494 e. The molecule has 73 heavy (non-hydrogen) atoms. The Labute approximate surface area is 435 Å². The maximum Gasteiger partial charge on any atom is 0.353 e. The summed E-state index contributed by atoms with van der Waals surface area (Å²) in [6.07, 6.45) is 34.8. The van der Waals surface area contributed by atoms with Gasteiger partial charge in [-0.3, -0.25) is 20.1 Å². The summed E-state index contributed by atoms with van der Waals surface area (Å²) in [7, 11) is 0. The monoisotopic (exact) mass is 994 g/mol. The van der Waals surface area contributed by atoms with Crippen LogP contribution in [-0.2, 0) is 0 Å². The Morgan fingerprint density at radius 2 is 0.753 bits per heavy atom. The first kappa shape index (κ1) is 57.3. The molecular weight excluding hydrogens is 915 g/mol. The van der Waals surface area contributed by atoms with Gasteiger partial charge in [-0.1, -0.05) is 161 Å². The Hall–Kier alpha value is -6.62. The first-order valence-electron chi connectivity index (χ1n) is 27.3. The van der Waals surface area contributed by atoms with Crippen LogP contribution >= 0.6 is 0 Å². The van der Waals surface area contributed by atoms with Crippen LogP contribution in [0.25, 0.3) is 0 Å². The molecule has 0 aliphatic rings. The van der Waals surface area contributed by atoms with Crippen LogP contribution in [-0.4, -0.2) is 42.5 Å². The van der Waals surface area contributed by atoms with Crippen molar-refractivity contribution in [2.75, 3.05) is 13.2 Å². The molecule has 0 bridgehead atoms. The summed E-state index contributed by atoms with van der Waals surface area (Å²) < 4.78 is 22.8. The summed E-state index contributed by atoms with van der Waals surface area (Å²) in [6, 6.07) is 32.1. The second kappa shape index (κ2) is 34.7. The molecule has 0 N–H and O–H groups in total. The topological polar surface area (TPSA) is 139 Å². The van der Waals surface area contributed by atoms with Crippen LogP contribution in [0.5, 0.6) is 23.0 Å². The predicted molar refractivity (Wildman–Crippen MR) is 296 cm³/mol. The van der Waals surface area contributed by atoms with Gasteiger partial charge in [-0.2, -0.15) is 0 Å². The number of benzene rings is 5. The number of para-hydroxylation sites is 1. The Morgan fingerprint density at radius 1 is 0.438 bits per heavy atom. The zero-order chi connectivity index (χ0) is 51.6. The van der Waals surface area contributed by atoms with E-state index in [1.165, 1.54) is 184 Å². The SMILES string of the molecule is CCCCCCCCCCCCCCOc1ccc(C=Nc2ccc(C(=O)Oc3cccc(OC(=O)c4ccc(N=Cc5ccc(OCCCCCCCCCCCCCC)cc5)cc4)c3[N+](=O)[O-])cc2)cc1. The van der Waals surface area contributed by atoms with Gasteiger partial charge in [-0.05, 0) is 133 Å². The molecule has 0 spiro atoms. The fourth-order valence-electron chi connectivity index (χ4n) is 8.40. The molecule has 5 rings (SSSR count). The third-order valence-electron chi connectivity index (χ3n) is 12.8. The minimum absolute atomic E-state index is 0.152.